The molecule has 7 heteroatoms. The maximum absolute atomic E-state index is 13.1. The molecule has 0 saturated carbocycles. The lowest BCUT2D eigenvalue weighted by molar-refractivity contribution is -0.384. The minimum atomic E-state index is -0.797. The number of hydrogen-bond donors (Lipinski definition) is 2. The summed E-state index contributed by atoms with van der Waals surface area (Å²) in [4.78, 5) is 10.2. The average molecular weight is 282 g/mol. The summed E-state index contributed by atoms with van der Waals surface area (Å²) in [7, 11) is 0. The summed E-state index contributed by atoms with van der Waals surface area (Å²) in [5, 5.41) is 26.9. The van der Waals surface area contributed by atoms with Crippen molar-refractivity contribution in [2.45, 2.75) is 6.10 Å². The molecule has 0 aliphatic heterocycles. The molecule has 2 aromatic rings. The Labute approximate surface area is 112 Å². The van der Waals surface area contributed by atoms with Crippen molar-refractivity contribution in [2.24, 2.45) is 0 Å². The highest BCUT2D eigenvalue weighted by Crippen LogP contribution is 2.26. The Hall–Kier alpha value is -1.99. The molecule has 1 unspecified atom stereocenters. The van der Waals surface area contributed by atoms with Crippen LogP contribution in [0, 0.1) is 15.9 Å². The van der Waals surface area contributed by atoms with Crippen molar-refractivity contribution in [1.29, 1.82) is 0 Å². The molecule has 1 aromatic carbocycles. The molecule has 1 heterocycles. The number of nitrogens with one attached hydrogen (secondary N) is 1. The summed E-state index contributed by atoms with van der Waals surface area (Å²) < 4.78 is 13.1. The molecule has 0 amide bonds. The molecule has 0 aliphatic rings. The Morgan fingerprint density at radius 3 is 2.89 bits per heavy atom. The fourth-order valence-electron chi connectivity index (χ4n) is 1.60. The van der Waals surface area contributed by atoms with Gasteiger partial charge in [-0.1, -0.05) is 0 Å². The Morgan fingerprint density at radius 2 is 2.26 bits per heavy atom. The predicted octanol–water partition coefficient (Wildman–Crippen LogP) is 2.94. The lowest BCUT2D eigenvalue weighted by Gasteiger charge is -2.11. The summed E-state index contributed by atoms with van der Waals surface area (Å²) in [6.07, 6.45) is -0.797. The first-order chi connectivity index (χ1) is 9.08. The molecule has 0 bridgehead atoms. The Bertz CT molecular complexity index is 574. The van der Waals surface area contributed by atoms with Crippen LogP contribution in [0.2, 0.25) is 0 Å². The van der Waals surface area contributed by atoms with Crippen LogP contribution in [-0.4, -0.2) is 16.6 Å². The average Bonchev–Trinajstić information content (AvgIpc) is 2.89. The molecule has 0 spiro atoms. The van der Waals surface area contributed by atoms with E-state index in [4.69, 9.17) is 0 Å². The van der Waals surface area contributed by atoms with Gasteiger partial charge in [-0.2, -0.15) is 11.3 Å². The van der Waals surface area contributed by atoms with E-state index in [-0.39, 0.29) is 17.9 Å². The number of nitro benzene ring substituents is 1. The van der Waals surface area contributed by atoms with Crippen LogP contribution in [-0.2, 0) is 0 Å². The van der Waals surface area contributed by atoms with Gasteiger partial charge in [-0.25, -0.2) is 4.39 Å². The third-order valence-electron chi connectivity index (χ3n) is 2.57. The van der Waals surface area contributed by atoms with Gasteiger partial charge in [0.1, 0.15) is 11.5 Å². The number of nitrogens with zero attached hydrogens (tertiary/aromatic N) is 1. The fourth-order valence-corrected chi connectivity index (χ4v) is 2.31. The molecule has 1 aromatic heterocycles. The topological polar surface area (TPSA) is 75.4 Å². The highest BCUT2D eigenvalue weighted by molar-refractivity contribution is 7.07. The van der Waals surface area contributed by atoms with E-state index in [0.717, 1.165) is 23.8 Å². The van der Waals surface area contributed by atoms with Gasteiger partial charge in [-0.3, -0.25) is 10.1 Å². The monoisotopic (exact) mass is 282 g/mol. The Morgan fingerprint density at radius 1 is 1.47 bits per heavy atom. The van der Waals surface area contributed by atoms with Gasteiger partial charge in [-0.05, 0) is 28.5 Å². The summed E-state index contributed by atoms with van der Waals surface area (Å²) in [5.74, 6) is -0.571. The molecule has 19 heavy (non-hydrogen) atoms. The van der Waals surface area contributed by atoms with Crippen LogP contribution < -0.4 is 5.32 Å². The van der Waals surface area contributed by atoms with E-state index < -0.39 is 16.8 Å². The van der Waals surface area contributed by atoms with Crippen molar-refractivity contribution >= 4 is 22.7 Å². The molecule has 2 N–H and O–H groups in total. The first-order valence-corrected chi connectivity index (χ1v) is 6.40. The molecular formula is C12H11FN2O3S. The smallest absolute Gasteiger partial charge is 0.292 e. The minimum absolute atomic E-state index is 0.0549. The highest BCUT2D eigenvalue weighted by atomic mass is 32.1. The van der Waals surface area contributed by atoms with E-state index in [1.807, 2.05) is 5.38 Å². The van der Waals surface area contributed by atoms with Crippen LogP contribution in [0.5, 0.6) is 0 Å². The molecule has 0 saturated heterocycles. The zero-order valence-corrected chi connectivity index (χ0v) is 10.6. The van der Waals surface area contributed by atoms with Gasteiger partial charge in [0.25, 0.3) is 5.69 Å². The number of anilines is 1. The van der Waals surface area contributed by atoms with Gasteiger partial charge < -0.3 is 10.4 Å². The normalized spacial score (nSPS) is 12.1. The number of halogens is 1. The van der Waals surface area contributed by atoms with Crippen LogP contribution in [0.15, 0.2) is 35.0 Å². The fraction of sp³-hybridized carbons (Fsp3) is 0.167. The van der Waals surface area contributed by atoms with Gasteiger partial charge in [0.2, 0.25) is 0 Å². The third kappa shape index (κ3) is 3.27. The third-order valence-corrected chi connectivity index (χ3v) is 3.27. The molecule has 1 atom stereocenters. The van der Waals surface area contributed by atoms with E-state index in [2.05, 4.69) is 5.32 Å². The molecule has 0 fully saturated rings. The second-order valence-corrected chi connectivity index (χ2v) is 4.65. The van der Waals surface area contributed by atoms with Gasteiger partial charge in [0, 0.05) is 18.7 Å². The van der Waals surface area contributed by atoms with E-state index in [9.17, 15) is 19.6 Å². The van der Waals surface area contributed by atoms with Crippen molar-refractivity contribution in [2.75, 3.05) is 11.9 Å². The molecular weight excluding hydrogens is 271 g/mol. The summed E-state index contributed by atoms with van der Waals surface area (Å²) in [5.41, 5.74) is 0.551. The summed E-state index contributed by atoms with van der Waals surface area (Å²) in [6.45, 7) is 0.0705. The molecule has 100 valence electrons. The van der Waals surface area contributed by atoms with Crippen molar-refractivity contribution in [3.63, 3.8) is 0 Å². The van der Waals surface area contributed by atoms with E-state index in [1.165, 1.54) is 11.3 Å². The van der Waals surface area contributed by atoms with Gasteiger partial charge in [0.15, 0.2) is 0 Å². The second-order valence-electron chi connectivity index (χ2n) is 3.87. The quantitative estimate of drug-likeness (QED) is 0.653. The Balaban J connectivity index is 2.10. The van der Waals surface area contributed by atoms with Crippen LogP contribution >= 0.6 is 11.3 Å². The van der Waals surface area contributed by atoms with Crippen LogP contribution in [0.25, 0.3) is 0 Å². The van der Waals surface area contributed by atoms with E-state index in [1.54, 1.807) is 11.4 Å². The zero-order chi connectivity index (χ0) is 13.8. The van der Waals surface area contributed by atoms with Crippen LogP contribution in [0.4, 0.5) is 15.8 Å². The van der Waals surface area contributed by atoms with Crippen LogP contribution in [0.1, 0.15) is 11.7 Å². The maximum Gasteiger partial charge on any atom is 0.292 e. The summed E-state index contributed by atoms with van der Waals surface area (Å²) >= 11 is 1.44. The molecule has 5 nitrogen and oxygen atoms in total. The number of thiophene rings is 1. The number of benzene rings is 1. The van der Waals surface area contributed by atoms with Gasteiger partial charge >= 0.3 is 0 Å². The number of aliphatic hydroxyl groups is 1. The summed E-state index contributed by atoms with van der Waals surface area (Å²) in [6, 6.07) is 4.92. The number of nitro groups is 1. The lowest BCUT2D eigenvalue weighted by atomic mass is 10.2. The number of rotatable bonds is 5. The molecule has 2 rings (SSSR count). The second kappa shape index (κ2) is 5.77. The lowest BCUT2D eigenvalue weighted by Crippen LogP contribution is -2.12. The van der Waals surface area contributed by atoms with Crippen molar-refractivity contribution in [1.82, 2.24) is 0 Å². The first kappa shape index (κ1) is 13.4. The van der Waals surface area contributed by atoms with Crippen molar-refractivity contribution in [3.05, 3.63) is 56.5 Å². The van der Waals surface area contributed by atoms with E-state index >= 15 is 0 Å². The standard InChI is InChI=1S/C12H11FN2O3S/c13-9-1-2-11(15(17)18)10(5-9)14-6-12(16)8-3-4-19-7-8/h1-5,7,12,14,16H,6H2. The number of hydrogen-bond acceptors (Lipinski definition) is 5. The molecule has 0 aliphatic carbocycles. The van der Waals surface area contributed by atoms with Gasteiger partial charge in [-0.15, -0.1) is 0 Å². The zero-order valence-electron chi connectivity index (χ0n) is 9.75. The SMILES string of the molecule is O=[N+]([O-])c1ccc(F)cc1NCC(O)c1ccsc1. The highest BCUT2D eigenvalue weighted by Gasteiger charge is 2.16. The van der Waals surface area contributed by atoms with Crippen molar-refractivity contribution < 1.29 is 14.4 Å². The maximum atomic E-state index is 13.1. The van der Waals surface area contributed by atoms with Crippen LogP contribution in [0.3, 0.4) is 0 Å². The van der Waals surface area contributed by atoms with Crippen molar-refractivity contribution in [3.8, 4) is 0 Å². The Kier molecular flexibility index (Phi) is 4.08. The van der Waals surface area contributed by atoms with E-state index in [0.29, 0.717) is 0 Å². The first-order valence-electron chi connectivity index (χ1n) is 5.46. The largest absolute Gasteiger partial charge is 0.387 e. The minimum Gasteiger partial charge on any atom is -0.387 e. The van der Waals surface area contributed by atoms with Gasteiger partial charge in [0.05, 0.1) is 11.0 Å². The molecule has 0 radical (unpaired) electrons. The predicted molar refractivity (Wildman–Crippen MR) is 70.8 cm³/mol. The number of aliphatic hydroxyl groups excluding tert-OH is 1.